The van der Waals surface area contributed by atoms with E-state index in [1.165, 1.54) is 0 Å². The molecule has 1 aliphatic rings. The molecule has 0 bridgehead atoms. The molecule has 3 amide bonds. The summed E-state index contributed by atoms with van der Waals surface area (Å²) < 4.78 is 0. The van der Waals surface area contributed by atoms with Gasteiger partial charge in [0.25, 0.3) is 5.91 Å². The molecule has 1 aromatic carbocycles. The molecular weight excluding hydrogens is 256 g/mol. The molecule has 3 rings (SSSR count). The highest BCUT2D eigenvalue weighted by Gasteiger charge is 2.17. The lowest BCUT2D eigenvalue weighted by atomic mass is 10.2. The number of hydrogen-bond donors (Lipinski definition) is 3. The largest absolute Gasteiger partial charge is 0.364 e. The first-order chi connectivity index (χ1) is 9.63. The van der Waals surface area contributed by atoms with Crippen LogP contribution in [0.5, 0.6) is 0 Å². The molecular formula is C14H16N4O2. The number of rotatable bonds is 2. The van der Waals surface area contributed by atoms with Gasteiger partial charge in [-0.1, -0.05) is 0 Å². The van der Waals surface area contributed by atoms with Gasteiger partial charge in [-0.2, -0.15) is 0 Å². The van der Waals surface area contributed by atoms with Crippen LogP contribution < -0.4 is 11.1 Å². The van der Waals surface area contributed by atoms with Crippen LogP contribution in [0.2, 0.25) is 0 Å². The maximum absolute atomic E-state index is 12.0. The third-order valence-electron chi connectivity index (χ3n) is 3.53. The van der Waals surface area contributed by atoms with Crippen molar-refractivity contribution in [2.45, 2.75) is 12.8 Å². The second kappa shape index (κ2) is 4.88. The number of amides is 3. The number of aromatic amines is 1. The van der Waals surface area contributed by atoms with Crippen molar-refractivity contribution in [3.63, 3.8) is 0 Å². The Morgan fingerprint density at radius 1 is 1.20 bits per heavy atom. The number of nitrogens with one attached hydrogen (secondary N) is 2. The molecule has 0 saturated carbocycles. The lowest BCUT2D eigenvalue weighted by Crippen LogP contribution is -2.32. The number of nitrogens with two attached hydrogens (primary N) is 1. The van der Waals surface area contributed by atoms with Gasteiger partial charge in [0.05, 0.1) is 0 Å². The second-order valence-corrected chi connectivity index (χ2v) is 4.97. The van der Waals surface area contributed by atoms with Crippen molar-refractivity contribution in [2.75, 3.05) is 18.4 Å². The Kier molecular flexibility index (Phi) is 3.06. The molecule has 2 heterocycles. The Balaban J connectivity index is 1.81. The highest BCUT2D eigenvalue weighted by Crippen LogP contribution is 2.21. The van der Waals surface area contributed by atoms with Crippen molar-refractivity contribution in [2.24, 2.45) is 5.73 Å². The minimum atomic E-state index is -0.496. The topological polar surface area (TPSA) is 91.2 Å². The van der Waals surface area contributed by atoms with E-state index in [9.17, 15) is 9.59 Å². The monoisotopic (exact) mass is 272 g/mol. The van der Waals surface area contributed by atoms with Gasteiger partial charge in [-0.25, -0.2) is 4.79 Å². The van der Waals surface area contributed by atoms with E-state index < -0.39 is 5.91 Å². The van der Waals surface area contributed by atoms with Crippen LogP contribution in [-0.2, 0) is 0 Å². The first kappa shape index (κ1) is 12.5. The summed E-state index contributed by atoms with van der Waals surface area (Å²) in [4.78, 5) is 27.9. The number of hydrogen-bond acceptors (Lipinski definition) is 2. The Morgan fingerprint density at radius 3 is 2.65 bits per heavy atom. The van der Waals surface area contributed by atoms with Gasteiger partial charge < -0.3 is 20.9 Å². The molecule has 1 aliphatic heterocycles. The Hall–Kier alpha value is -2.50. The van der Waals surface area contributed by atoms with Crippen molar-refractivity contribution < 1.29 is 9.59 Å². The van der Waals surface area contributed by atoms with Crippen LogP contribution >= 0.6 is 0 Å². The van der Waals surface area contributed by atoms with Crippen LogP contribution in [0.25, 0.3) is 10.9 Å². The van der Waals surface area contributed by atoms with E-state index in [0.717, 1.165) is 36.8 Å². The molecule has 104 valence electrons. The van der Waals surface area contributed by atoms with Gasteiger partial charge in [-0.15, -0.1) is 0 Å². The molecule has 4 N–H and O–H groups in total. The SMILES string of the molecule is NC(=O)c1cc2cc(NC(=O)N3CCCC3)ccc2[nH]1. The predicted octanol–water partition coefficient (Wildman–Crippen LogP) is 1.89. The molecule has 1 aromatic heterocycles. The number of urea groups is 1. The van der Waals surface area contributed by atoms with Gasteiger partial charge in [0.15, 0.2) is 0 Å². The van der Waals surface area contributed by atoms with Crippen LogP contribution in [0.4, 0.5) is 10.5 Å². The molecule has 0 spiro atoms. The Morgan fingerprint density at radius 2 is 1.95 bits per heavy atom. The standard InChI is InChI=1S/C14H16N4O2/c15-13(19)12-8-9-7-10(3-4-11(9)17-12)16-14(20)18-5-1-2-6-18/h3-4,7-8,17H,1-2,5-6H2,(H2,15,19)(H,16,20). The normalized spacial score (nSPS) is 14.7. The summed E-state index contributed by atoms with van der Waals surface area (Å²) in [6.07, 6.45) is 2.12. The number of nitrogens with zero attached hydrogens (tertiary/aromatic N) is 1. The number of aromatic nitrogens is 1. The van der Waals surface area contributed by atoms with Gasteiger partial charge in [-0.3, -0.25) is 4.79 Å². The average Bonchev–Trinajstić information content (AvgIpc) is 3.07. The smallest absolute Gasteiger partial charge is 0.321 e. The number of carbonyl (C=O) groups is 2. The maximum Gasteiger partial charge on any atom is 0.321 e. The third-order valence-corrected chi connectivity index (χ3v) is 3.53. The van der Waals surface area contributed by atoms with Crippen molar-refractivity contribution in [1.82, 2.24) is 9.88 Å². The van der Waals surface area contributed by atoms with E-state index >= 15 is 0 Å². The van der Waals surface area contributed by atoms with E-state index in [1.54, 1.807) is 17.0 Å². The first-order valence-electron chi connectivity index (χ1n) is 6.62. The van der Waals surface area contributed by atoms with Crippen LogP contribution in [-0.4, -0.2) is 34.9 Å². The van der Waals surface area contributed by atoms with E-state index in [1.807, 2.05) is 12.1 Å². The van der Waals surface area contributed by atoms with E-state index in [4.69, 9.17) is 5.73 Å². The highest BCUT2D eigenvalue weighted by atomic mass is 16.2. The molecule has 6 heteroatoms. The predicted molar refractivity (Wildman–Crippen MR) is 76.6 cm³/mol. The minimum Gasteiger partial charge on any atom is -0.364 e. The van der Waals surface area contributed by atoms with Gasteiger partial charge in [0, 0.05) is 29.7 Å². The summed E-state index contributed by atoms with van der Waals surface area (Å²) in [6.45, 7) is 1.62. The fraction of sp³-hybridized carbons (Fsp3) is 0.286. The molecule has 0 unspecified atom stereocenters. The van der Waals surface area contributed by atoms with Crippen molar-refractivity contribution in [3.8, 4) is 0 Å². The lowest BCUT2D eigenvalue weighted by molar-refractivity contribution is 0.0996. The summed E-state index contributed by atoms with van der Waals surface area (Å²) in [6, 6.07) is 7.06. The number of carbonyl (C=O) groups excluding carboxylic acids is 2. The van der Waals surface area contributed by atoms with Gasteiger partial charge in [-0.05, 0) is 37.1 Å². The number of H-pyrrole nitrogens is 1. The summed E-state index contributed by atoms with van der Waals surface area (Å²) in [7, 11) is 0. The fourth-order valence-electron chi connectivity index (χ4n) is 2.47. The van der Waals surface area contributed by atoms with Crippen molar-refractivity contribution in [1.29, 1.82) is 0 Å². The van der Waals surface area contributed by atoms with Crippen molar-refractivity contribution >= 4 is 28.5 Å². The maximum atomic E-state index is 12.0. The van der Waals surface area contributed by atoms with Gasteiger partial charge >= 0.3 is 6.03 Å². The number of primary amides is 1. The summed E-state index contributed by atoms with van der Waals surface area (Å²) in [5, 5.41) is 3.72. The molecule has 6 nitrogen and oxygen atoms in total. The van der Waals surface area contributed by atoms with Crippen LogP contribution in [0.1, 0.15) is 23.3 Å². The molecule has 1 saturated heterocycles. The molecule has 1 fully saturated rings. The number of fused-ring (bicyclic) bond motifs is 1. The van der Waals surface area contributed by atoms with E-state index in [0.29, 0.717) is 11.4 Å². The molecule has 20 heavy (non-hydrogen) atoms. The van der Waals surface area contributed by atoms with E-state index in [-0.39, 0.29) is 6.03 Å². The summed E-state index contributed by atoms with van der Waals surface area (Å²) >= 11 is 0. The molecule has 2 aromatic rings. The quantitative estimate of drug-likeness (QED) is 0.779. The highest BCUT2D eigenvalue weighted by molar-refractivity contribution is 5.99. The molecule has 0 atom stereocenters. The molecule has 0 radical (unpaired) electrons. The first-order valence-corrected chi connectivity index (χ1v) is 6.62. The second-order valence-electron chi connectivity index (χ2n) is 4.97. The van der Waals surface area contributed by atoms with Crippen molar-refractivity contribution in [3.05, 3.63) is 30.0 Å². The fourth-order valence-corrected chi connectivity index (χ4v) is 2.47. The summed E-state index contributed by atoms with van der Waals surface area (Å²) in [5.41, 5.74) is 7.13. The van der Waals surface area contributed by atoms with Gasteiger partial charge in [0.1, 0.15) is 5.69 Å². The van der Waals surface area contributed by atoms with Crippen LogP contribution in [0, 0.1) is 0 Å². The Bertz CT molecular complexity index is 671. The van der Waals surface area contributed by atoms with Crippen LogP contribution in [0.15, 0.2) is 24.3 Å². The third kappa shape index (κ3) is 2.32. The molecule has 0 aliphatic carbocycles. The number of likely N-dealkylation sites (tertiary alicyclic amines) is 1. The zero-order valence-electron chi connectivity index (χ0n) is 11.0. The number of benzene rings is 1. The van der Waals surface area contributed by atoms with Gasteiger partial charge in [0.2, 0.25) is 0 Å². The Labute approximate surface area is 115 Å². The summed E-state index contributed by atoms with van der Waals surface area (Å²) in [5.74, 6) is -0.496. The average molecular weight is 272 g/mol. The zero-order chi connectivity index (χ0) is 14.1. The van der Waals surface area contributed by atoms with Crippen LogP contribution in [0.3, 0.4) is 0 Å². The van der Waals surface area contributed by atoms with E-state index in [2.05, 4.69) is 10.3 Å². The lowest BCUT2D eigenvalue weighted by Gasteiger charge is -2.16. The zero-order valence-corrected chi connectivity index (χ0v) is 11.0. The number of anilines is 1. The minimum absolute atomic E-state index is 0.0764.